The Balaban J connectivity index is 1.66. The molecule has 1 aliphatic rings. The minimum absolute atomic E-state index is 0.796. The van der Waals surface area contributed by atoms with Gasteiger partial charge in [-0.3, -0.25) is 0 Å². The lowest BCUT2D eigenvalue weighted by atomic mass is 10.0. The van der Waals surface area contributed by atoms with Crippen LogP contribution >= 0.6 is 11.8 Å². The molecule has 1 aliphatic carbocycles. The van der Waals surface area contributed by atoms with E-state index in [2.05, 4.69) is 55.2 Å². The molecule has 0 heterocycles. The van der Waals surface area contributed by atoms with Crippen LogP contribution in [0.1, 0.15) is 43.7 Å². The molecule has 106 valence electrons. The molecule has 1 N–H and O–H groups in total. The van der Waals surface area contributed by atoms with Crippen LogP contribution in [-0.4, -0.2) is 18.3 Å². The Labute approximate surface area is 122 Å². The maximum atomic E-state index is 3.65. The summed E-state index contributed by atoms with van der Waals surface area (Å²) in [5.41, 5.74) is 2.85. The van der Waals surface area contributed by atoms with Gasteiger partial charge in [-0.1, -0.05) is 43.2 Å². The van der Waals surface area contributed by atoms with Crippen molar-refractivity contribution in [2.75, 3.05) is 12.3 Å². The lowest BCUT2D eigenvalue weighted by molar-refractivity contribution is 0.400. The molecule has 1 fully saturated rings. The van der Waals surface area contributed by atoms with Gasteiger partial charge < -0.3 is 5.32 Å². The molecule has 1 nitrogen and oxygen atoms in total. The van der Waals surface area contributed by atoms with Crippen LogP contribution in [0.5, 0.6) is 0 Å². The highest BCUT2D eigenvalue weighted by Crippen LogP contribution is 2.30. The van der Waals surface area contributed by atoms with E-state index in [4.69, 9.17) is 0 Å². The van der Waals surface area contributed by atoms with Gasteiger partial charge in [-0.05, 0) is 50.0 Å². The Morgan fingerprint density at radius 2 is 2.21 bits per heavy atom. The topological polar surface area (TPSA) is 12.0 Å². The van der Waals surface area contributed by atoms with E-state index in [9.17, 15) is 0 Å². The van der Waals surface area contributed by atoms with Crippen molar-refractivity contribution in [2.24, 2.45) is 5.92 Å². The number of benzene rings is 1. The Kier molecular flexibility index (Phi) is 6.25. The summed E-state index contributed by atoms with van der Waals surface area (Å²) >= 11 is 2.09. The molecular weight excluding hydrogens is 250 g/mol. The highest BCUT2D eigenvalue weighted by atomic mass is 32.2. The zero-order valence-corrected chi connectivity index (χ0v) is 13.1. The summed E-state index contributed by atoms with van der Waals surface area (Å²) in [6.07, 6.45) is 5.63. The van der Waals surface area contributed by atoms with Crippen LogP contribution < -0.4 is 5.32 Å². The average Bonchev–Trinajstić information content (AvgIpc) is 2.83. The van der Waals surface area contributed by atoms with Crippen LogP contribution in [0.25, 0.3) is 0 Å². The second-order valence-electron chi connectivity index (χ2n) is 5.69. The van der Waals surface area contributed by atoms with E-state index in [1.807, 2.05) is 0 Å². The smallest absolute Gasteiger partial charge is 0.0184 e. The predicted octanol–water partition coefficient (Wildman–Crippen LogP) is 4.40. The van der Waals surface area contributed by atoms with Gasteiger partial charge in [0.15, 0.2) is 0 Å². The molecule has 0 bridgehead atoms. The van der Waals surface area contributed by atoms with E-state index in [1.165, 1.54) is 48.3 Å². The van der Waals surface area contributed by atoms with Crippen molar-refractivity contribution in [3.05, 3.63) is 35.4 Å². The van der Waals surface area contributed by atoms with Crippen molar-refractivity contribution in [3.63, 3.8) is 0 Å². The van der Waals surface area contributed by atoms with E-state index >= 15 is 0 Å². The monoisotopic (exact) mass is 277 g/mol. The van der Waals surface area contributed by atoms with Gasteiger partial charge in [0.2, 0.25) is 0 Å². The third-order valence-corrected chi connectivity index (χ3v) is 5.17. The second kappa shape index (κ2) is 7.96. The number of hydrogen-bond acceptors (Lipinski definition) is 2. The Bertz CT molecular complexity index is 377. The molecule has 0 aromatic heterocycles. The molecule has 0 spiro atoms. The molecule has 1 aromatic carbocycles. The molecule has 1 saturated carbocycles. The van der Waals surface area contributed by atoms with Crippen LogP contribution in [0, 0.1) is 12.8 Å². The molecule has 1 aromatic rings. The summed E-state index contributed by atoms with van der Waals surface area (Å²) in [4.78, 5) is 0. The van der Waals surface area contributed by atoms with Crippen LogP contribution in [0.4, 0.5) is 0 Å². The van der Waals surface area contributed by atoms with E-state index < -0.39 is 0 Å². The highest BCUT2D eigenvalue weighted by Gasteiger charge is 2.25. The zero-order chi connectivity index (χ0) is 13.5. The number of rotatable bonds is 7. The van der Waals surface area contributed by atoms with E-state index in [0.717, 1.165) is 18.5 Å². The molecule has 0 radical (unpaired) electrons. The van der Waals surface area contributed by atoms with Gasteiger partial charge in [0.1, 0.15) is 0 Å². The molecule has 0 aliphatic heterocycles. The fourth-order valence-corrected chi connectivity index (χ4v) is 4.17. The van der Waals surface area contributed by atoms with Crippen molar-refractivity contribution in [3.8, 4) is 0 Å². The summed E-state index contributed by atoms with van der Waals surface area (Å²) in [7, 11) is 0. The Hall–Kier alpha value is -0.470. The maximum absolute atomic E-state index is 3.65. The largest absolute Gasteiger partial charge is 0.314 e. The minimum Gasteiger partial charge on any atom is -0.314 e. The summed E-state index contributed by atoms with van der Waals surface area (Å²) < 4.78 is 0. The SMILES string of the molecule is CCNC1CCCC1CCSCc1cccc(C)c1. The zero-order valence-electron chi connectivity index (χ0n) is 12.3. The fraction of sp³-hybridized carbons (Fsp3) is 0.647. The third-order valence-electron chi connectivity index (χ3n) is 4.11. The van der Waals surface area contributed by atoms with Gasteiger partial charge >= 0.3 is 0 Å². The number of thioether (sulfide) groups is 1. The van der Waals surface area contributed by atoms with E-state index in [0.29, 0.717) is 0 Å². The summed E-state index contributed by atoms with van der Waals surface area (Å²) in [5, 5.41) is 3.65. The molecular formula is C17H27NS. The first-order valence-electron chi connectivity index (χ1n) is 7.66. The minimum atomic E-state index is 0.796. The lowest BCUT2D eigenvalue weighted by Crippen LogP contribution is -2.32. The highest BCUT2D eigenvalue weighted by molar-refractivity contribution is 7.98. The van der Waals surface area contributed by atoms with E-state index in [-0.39, 0.29) is 0 Å². The van der Waals surface area contributed by atoms with Crippen molar-refractivity contribution >= 4 is 11.8 Å². The lowest BCUT2D eigenvalue weighted by Gasteiger charge is -2.20. The van der Waals surface area contributed by atoms with Crippen molar-refractivity contribution in [1.82, 2.24) is 5.32 Å². The van der Waals surface area contributed by atoms with Gasteiger partial charge in [-0.2, -0.15) is 11.8 Å². The molecule has 2 unspecified atom stereocenters. The normalized spacial score (nSPS) is 22.8. The van der Waals surface area contributed by atoms with Crippen molar-refractivity contribution in [2.45, 2.75) is 51.3 Å². The molecule has 2 rings (SSSR count). The molecule has 2 heteroatoms. The molecule has 0 saturated heterocycles. The van der Waals surface area contributed by atoms with Crippen LogP contribution in [0.3, 0.4) is 0 Å². The quantitative estimate of drug-likeness (QED) is 0.742. The van der Waals surface area contributed by atoms with Crippen molar-refractivity contribution < 1.29 is 0 Å². The first-order valence-corrected chi connectivity index (χ1v) is 8.81. The standard InChI is InChI=1S/C17H27NS/c1-3-18-17-9-5-8-16(17)10-11-19-13-15-7-4-6-14(2)12-15/h4,6-7,12,16-18H,3,5,8-11,13H2,1-2H3. The third kappa shape index (κ3) is 4.85. The summed E-state index contributed by atoms with van der Waals surface area (Å²) in [6, 6.07) is 9.70. The summed E-state index contributed by atoms with van der Waals surface area (Å²) in [5.74, 6) is 3.39. The predicted molar refractivity (Wildman–Crippen MR) is 86.8 cm³/mol. The van der Waals surface area contributed by atoms with Gasteiger partial charge in [0.25, 0.3) is 0 Å². The van der Waals surface area contributed by atoms with Gasteiger partial charge in [-0.15, -0.1) is 0 Å². The Morgan fingerprint density at radius 3 is 3.00 bits per heavy atom. The summed E-state index contributed by atoms with van der Waals surface area (Å²) in [6.45, 7) is 5.52. The van der Waals surface area contributed by atoms with Crippen LogP contribution in [-0.2, 0) is 5.75 Å². The van der Waals surface area contributed by atoms with Gasteiger partial charge in [-0.25, -0.2) is 0 Å². The van der Waals surface area contributed by atoms with Gasteiger partial charge in [0, 0.05) is 11.8 Å². The number of aryl methyl sites for hydroxylation is 1. The van der Waals surface area contributed by atoms with E-state index in [1.54, 1.807) is 0 Å². The van der Waals surface area contributed by atoms with Crippen LogP contribution in [0.15, 0.2) is 24.3 Å². The van der Waals surface area contributed by atoms with Crippen LogP contribution in [0.2, 0.25) is 0 Å². The average molecular weight is 277 g/mol. The molecule has 0 amide bonds. The molecule has 2 atom stereocenters. The molecule has 19 heavy (non-hydrogen) atoms. The fourth-order valence-electron chi connectivity index (χ4n) is 3.14. The number of hydrogen-bond donors (Lipinski definition) is 1. The van der Waals surface area contributed by atoms with Gasteiger partial charge in [0.05, 0.1) is 0 Å². The van der Waals surface area contributed by atoms with Crippen molar-refractivity contribution in [1.29, 1.82) is 0 Å². The first kappa shape index (κ1) is 14.9. The second-order valence-corrected chi connectivity index (χ2v) is 6.79. The number of nitrogens with one attached hydrogen (secondary N) is 1. The maximum Gasteiger partial charge on any atom is 0.0184 e. The Morgan fingerprint density at radius 1 is 1.32 bits per heavy atom. The first-order chi connectivity index (χ1) is 9.29.